The van der Waals surface area contributed by atoms with Gasteiger partial charge in [-0.1, -0.05) is 85.3 Å². The van der Waals surface area contributed by atoms with Gasteiger partial charge in [0.25, 0.3) is 0 Å². The van der Waals surface area contributed by atoms with Crippen LogP contribution in [0.2, 0.25) is 0 Å². The normalized spacial score (nSPS) is 19.4. The van der Waals surface area contributed by atoms with Crippen molar-refractivity contribution in [2.24, 2.45) is 5.41 Å². The molecule has 0 aromatic carbocycles. The van der Waals surface area contributed by atoms with Gasteiger partial charge in [0.1, 0.15) is 0 Å². The van der Waals surface area contributed by atoms with Crippen LogP contribution in [-0.4, -0.2) is 28.9 Å². The van der Waals surface area contributed by atoms with Crippen LogP contribution in [0.5, 0.6) is 0 Å². The lowest BCUT2D eigenvalue weighted by Gasteiger charge is -2.36. The Hall–Kier alpha value is -3.21. The van der Waals surface area contributed by atoms with E-state index in [2.05, 4.69) is 19.9 Å². The van der Waals surface area contributed by atoms with Crippen molar-refractivity contribution in [2.45, 2.75) is 73.8 Å². The molecule has 0 amide bonds. The molecule has 34 heavy (non-hydrogen) atoms. The molecule has 1 N–H and O–H groups in total. The summed E-state index contributed by atoms with van der Waals surface area (Å²) in [6.07, 6.45) is 17.0. The van der Waals surface area contributed by atoms with Gasteiger partial charge in [-0.25, -0.2) is 0 Å². The van der Waals surface area contributed by atoms with E-state index in [1.165, 1.54) is 5.57 Å². The largest absolute Gasteiger partial charge is 0.481 e. The highest BCUT2D eigenvalue weighted by atomic mass is 16.5. The lowest BCUT2D eigenvalue weighted by atomic mass is 9.71. The van der Waals surface area contributed by atoms with Gasteiger partial charge in [0.05, 0.1) is 12.8 Å². The highest BCUT2D eigenvalue weighted by molar-refractivity contribution is 6.01. The van der Waals surface area contributed by atoms with Crippen LogP contribution >= 0.6 is 0 Å². The van der Waals surface area contributed by atoms with Crippen molar-refractivity contribution in [1.82, 2.24) is 0 Å². The van der Waals surface area contributed by atoms with Gasteiger partial charge in [-0.2, -0.15) is 0 Å². The second kappa shape index (κ2) is 13.5. The average Bonchev–Trinajstić information content (AvgIpc) is 2.73. The minimum atomic E-state index is -1.07. The first kappa shape index (κ1) is 28.8. The summed E-state index contributed by atoms with van der Waals surface area (Å²) < 4.78 is 5.31. The van der Waals surface area contributed by atoms with Gasteiger partial charge < -0.3 is 9.84 Å². The maximum atomic E-state index is 12.8. The summed E-state index contributed by atoms with van der Waals surface area (Å²) in [6.45, 7) is 13.9. The standard InChI is InChI=1S/C29H38O5/c1-20(2)11-8-9-12-21(3)13-10-14-22(4)15-16-24-23(5)28(33)25(19-29(24,6)7)34-27(32)18-17-26(30)31/h8-16,25H,17-19H2,1-7H3,(H,30,31)/b9-8+,13-10+,16-15+,21-12+,22-14+. The quantitative estimate of drug-likeness (QED) is 0.289. The van der Waals surface area contributed by atoms with E-state index in [1.807, 2.05) is 76.3 Å². The number of carboxylic acid groups (broad SMARTS) is 1. The lowest BCUT2D eigenvalue weighted by molar-refractivity contribution is -0.157. The topological polar surface area (TPSA) is 80.7 Å². The van der Waals surface area contributed by atoms with Crippen molar-refractivity contribution < 1.29 is 24.2 Å². The zero-order valence-electron chi connectivity index (χ0n) is 21.5. The third-order valence-corrected chi connectivity index (χ3v) is 5.44. The molecule has 1 atom stereocenters. The molecule has 184 valence electrons. The van der Waals surface area contributed by atoms with E-state index in [-0.39, 0.29) is 24.0 Å². The number of hydrogen-bond acceptors (Lipinski definition) is 4. The first-order chi connectivity index (χ1) is 15.8. The Kier molecular flexibility index (Phi) is 11.4. The SMILES string of the molecule is CC(C)=C/C=C/C=C(C)/C=C/C=C(C)/C=C/C1=C(C)C(=O)C(OC(=O)CCC(=O)O)CC1(C)C. The molecule has 0 heterocycles. The Morgan fingerprint density at radius 2 is 1.56 bits per heavy atom. The van der Waals surface area contributed by atoms with Crippen LogP contribution < -0.4 is 0 Å². The van der Waals surface area contributed by atoms with Crippen LogP contribution in [-0.2, 0) is 19.1 Å². The number of hydrogen-bond donors (Lipinski definition) is 1. The van der Waals surface area contributed by atoms with Crippen molar-refractivity contribution in [2.75, 3.05) is 0 Å². The number of Topliss-reactive ketones (excluding diaryl/α,β-unsaturated/α-hetero) is 1. The summed E-state index contributed by atoms with van der Waals surface area (Å²) in [5.41, 5.74) is 4.52. The lowest BCUT2D eigenvalue weighted by Crippen LogP contribution is -2.39. The Morgan fingerprint density at radius 1 is 0.971 bits per heavy atom. The zero-order chi connectivity index (χ0) is 25.9. The summed E-state index contributed by atoms with van der Waals surface area (Å²) in [5.74, 6) is -1.96. The number of allylic oxidation sites excluding steroid dienone is 13. The van der Waals surface area contributed by atoms with Gasteiger partial charge in [0.15, 0.2) is 11.9 Å². The number of esters is 1. The molecular formula is C29H38O5. The van der Waals surface area contributed by atoms with E-state index in [4.69, 9.17) is 9.84 Å². The zero-order valence-corrected chi connectivity index (χ0v) is 21.5. The molecule has 0 bridgehead atoms. The molecule has 0 fully saturated rings. The predicted molar refractivity (Wildman–Crippen MR) is 137 cm³/mol. The van der Waals surface area contributed by atoms with E-state index in [1.54, 1.807) is 6.92 Å². The molecule has 1 aliphatic rings. The first-order valence-corrected chi connectivity index (χ1v) is 11.5. The minimum Gasteiger partial charge on any atom is -0.481 e. The Balaban J connectivity index is 2.90. The third-order valence-electron chi connectivity index (χ3n) is 5.44. The van der Waals surface area contributed by atoms with E-state index in [0.717, 1.165) is 16.7 Å². The molecular weight excluding hydrogens is 428 g/mol. The van der Waals surface area contributed by atoms with Crippen molar-refractivity contribution in [3.8, 4) is 0 Å². The summed E-state index contributed by atoms with van der Waals surface area (Å²) in [6, 6.07) is 0. The Morgan fingerprint density at radius 3 is 2.18 bits per heavy atom. The van der Waals surface area contributed by atoms with E-state index in [9.17, 15) is 14.4 Å². The predicted octanol–water partition coefficient (Wildman–Crippen LogP) is 6.61. The minimum absolute atomic E-state index is 0.230. The maximum absolute atomic E-state index is 12.8. The average molecular weight is 467 g/mol. The molecule has 0 spiro atoms. The second-order valence-corrected chi connectivity index (χ2v) is 9.51. The molecule has 5 heteroatoms. The molecule has 1 aliphatic carbocycles. The van der Waals surface area contributed by atoms with Crippen molar-refractivity contribution >= 4 is 17.7 Å². The van der Waals surface area contributed by atoms with E-state index < -0.39 is 18.0 Å². The van der Waals surface area contributed by atoms with E-state index in [0.29, 0.717) is 12.0 Å². The van der Waals surface area contributed by atoms with Crippen LogP contribution in [0.4, 0.5) is 0 Å². The summed E-state index contributed by atoms with van der Waals surface area (Å²) in [4.78, 5) is 35.4. The monoisotopic (exact) mass is 466 g/mol. The fourth-order valence-corrected chi connectivity index (χ4v) is 3.55. The third kappa shape index (κ3) is 10.2. The summed E-state index contributed by atoms with van der Waals surface area (Å²) in [5, 5.41) is 8.72. The van der Waals surface area contributed by atoms with Gasteiger partial charge in [-0.15, -0.1) is 0 Å². The molecule has 0 saturated heterocycles. The number of carbonyl (C=O) groups excluding carboxylic acids is 2. The summed E-state index contributed by atoms with van der Waals surface area (Å²) >= 11 is 0. The van der Waals surface area contributed by atoms with Crippen LogP contribution in [0.1, 0.15) is 67.7 Å². The highest BCUT2D eigenvalue weighted by Gasteiger charge is 2.39. The smallest absolute Gasteiger partial charge is 0.307 e. The second-order valence-electron chi connectivity index (χ2n) is 9.51. The number of ether oxygens (including phenoxy) is 1. The fraction of sp³-hybridized carbons (Fsp3) is 0.414. The van der Waals surface area contributed by atoms with Gasteiger partial charge >= 0.3 is 11.9 Å². The first-order valence-electron chi connectivity index (χ1n) is 11.5. The van der Waals surface area contributed by atoms with Gasteiger partial charge in [0.2, 0.25) is 0 Å². The van der Waals surface area contributed by atoms with Gasteiger partial charge in [0, 0.05) is 6.42 Å². The number of aliphatic carboxylic acids is 1. The highest BCUT2D eigenvalue weighted by Crippen LogP contribution is 2.40. The van der Waals surface area contributed by atoms with Gasteiger partial charge in [-0.3, -0.25) is 14.4 Å². The summed E-state index contributed by atoms with van der Waals surface area (Å²) in [7, 11) is 0. The van der Waals surface area contributed by atoms with Crippen LogP contribution in [0.3, 0.4) is 0 Å². The molecule has 0 aromatic rings. The van der Waals surface area contributed by atoms with Crippen LogP contribution in [0.25, 0.3) is 0 Å². The molecule has 0 aliphatic heterocycles. The number of ketones is 1. The van der Waals surface area contributed by atoms with Crippen molar-refractivity contribution in [3.05, 3.63) is 82.5 Å². The molecule has 0 aromatic heterocycles. The molecule has 0 saturated carbocycles. The van der Waals surface area contributed by atoms with Crippen molar-refractivity contribution in [1.29, 1.82) is 0 Å². The number of rotatable bonds is 10. The molecule has 1 rings (SSSR count). The maximum Gasteiger partial charge on any atom is 0.307 e. The van der Waals surface area contributed by atoms with Gasteiger partial charge in [-0.05, 0) is 51.2 Å². The number of carbonyl (C=O) groups is 3. The number of carboxylic acids is 1. The molecule has 1 unspecified atom stereocenters. The Bertz CT molecular complexity index is 990. The van der Waals surface area contributed by atoms with Crippen molar-refractivity contribution in [3.63, 3.8) is 0 Å². The Labute approximate surface area is 204 Å². The fourth-order valence-electron chi connectivity index (χ4n) is 3.55. The van der Waals surface area contributed by atoms with E-state index >= 15 is 0 Å². The van der Waals surface area contributed by atoms with Crippen LogP contribution in [0.15, 0.2) is 82.5 Å². The molecule has 5 nitrogen and oxygen atoms in total. The van der Waals surface area contributed by atoms with Crippen LogP contribution in [0, 0.1) is 5.41 Å². The molecule has 0 radical (unpaired) electrons.